The van der Waals surface area contributed by atoms with Gasteiger partial charge in [0.05, 0.1) is 5.92 Å². The summed E-state index contributed by atoms with van der Waals surface area (Å²) in [5, 5.41) is 0. The van der Waals surface area contributed by atoms with E-state index in [2.05, 4.69) is 13.8 Å². The molecule has 72 valence electrons. The lowest BCUT2D eigenvalue weighted by Crippen LogP contribution is -2.53. The number of carbonyl (C=O) groups excluding carboxylic acids is 2. The zero-order chi connectivity index (χ0) is 9.80. The number of fused-ring (bicyclic) bond motifs is 3. The Bertz CT molecular complexity index is 278. The SMILES string of the molecule is C[C@@H]1C(=O)[C@H]2CC(C)(C)[C@@H]1CC2=O. The van der Waals surface area contributed by atoms with Gasteiger partial charge in [-0.2, -0.15) is 0 Å². The van der Waals surface area contributed by atoms with Gasteiger partial charge in [0.2, 0.25) is 0 Å². The number of carbonyl (C=O) groups is 2. The third kappa shape index (κ3) is 1.07. The van der Waals surface area contributed by atoms with E-state index >= 15 is 0 Å². The Morgan fingerprint density at radius 2 is 1.92 bits per heavy atom. The minimum absolute atomic E-state index is 0.103. The van der Waals surface area contributed by atoms with Crippen molar-refractivity contribution in [3.8, 4) is 0 Å². The molecule has 2 bridgehead atoms. The van der Waals surface area contributed by atoms with Crippen LogP contribution in [0.25, 0.3) is 0 Å². The van der Waals surface area contributed by atoms with Gasteiger partial charge >= 0.3 is 0 Å². The van der Waals surface area contributed by atoms with Gasteiger partial charge in [-0.05, 0) is 17.8 Å². The molecular weight excluding hydrogens is 164 g/mol. The van der Waals surface area contributed by atoms with E-state index in [0.29, 0.717) is 6.42 Å². The maximum absolute atomic E-state index is 11.7. The van der Waals surface area contributed by atoms with Crippen molar-refractivity contribution in [2.24, 2.45) is 23.2 Å². The van der Waals surface area contributed by atoms with E-state index < -0.39 is 0 Å². The fourth-order valence-corrected chi connectivity index (χ4v) is 3.06. The standard InChI is InChI=1S/C11H16O2/c1-6-8-4-9(12)7(10(6)13)5-11(8,2)3/h6-8H,4-5H2,1-3H3/t6-,7-,8+/m0/s1. The van der Waals surface area contributed by atoms with Gasteiger partial charge < -0.3 is 0 Å². The zero-order valence-electron chi connectivity index (χ0n) is 8.46. The molecule has 0 aromatic carbocycles. The third-order valence-electron chi connectivity index (χ3n) is 3.94. The first kappa shape index (κ1) is 8.92. The number of ketones is 2. The van der Waals surface area contributed by atoms with Crippen molar-refractivity contribution in [3.05, 3.63) is 0 Å². The van der Waals surface area contributed by atoms with Gasteiger partial charge in [0.1, 0.15) is 11.6 Å². The van der Waals surface area contributed by atoms with E-state index in [0.717, 1.165) is 6.42 Å². The van der Waals surface area contributed by atoms with Gasteiger partial charge in [-0.25, -0.2) is 0 Å². The summed E-state index contributed by atoms with van der Waals surface area (Å²) in [6.07, 6.45) is 1.41. The number of hydrogen-bond acceptors (Lipinski definition) is 2. The lowest BCUT2D eigenvalue weighted by atomic mass is 9.53. The van der Waals surface area contributed by atoms with Crippen molar-refractivity contribution < 1.29 is 9.59 Å². The lowest BCUT2D eigenvalue weighted by molar-refractivity contribution is -0.153. The van der Waals surface area contributed by atoms with Gasteiger partial charge in [0.25, 0.3) is 0 Å². The largest absolute Gasteiger partial charge is 0.299 e. The van der Waals surface area contributed by atoms with Crippen LogP contribution in [0.4, 0.5) is 0 Å². The van der Waals surface area contributed by atoms with E-state index in [1.807, 2.05) is 6.92 Å². The molecule has 3 saturated carbocycles. The molecule has 0 amide bonds. The molecule has 0 unspecified atom stereocenters. The Morgan fingerprint density at radius 1 is 1.31 bits per heavy atom. The Balaban J connectivity index is 2.38. The van der Waals surface area contributed by atoms with Crippen molar-refractivity contribution in [2.45, 2.75) is 33.6 Å². The summed E-state index contributed by atoms with van der Waals surface area (Å²) in [4.78, 5) is 23.1. The summed E-state index contributed by atoms with van der Waals surface area (Å²) in [5.41, 5.74) is 0.186. The van der Waals surface area contributed by atoms with Crippen molar-refractivity contribution in [1.82, 2.24) is 0 Å². The second kappa shape index (κ2) is 2.43. The fraction of sp³-hybridized carbons (Fsp3) is 0.818. The van der Waals surface area contributed by atoms with Crippen LogP contribution < -0.4 is 0 Å². The summed E-state index contributed by atoms with van der Waals surface area (Å²) in [5.74, 6) is 0.506. The first-order chi connectivity index (χ1) is 5.93. The van der Waals surface area contributed by atoms with Crippen LogP contribution in [0.3, 0.4) is 0 Å². The van der Waals surface area contributed by atoms with E-state index in [1.165, 1.54) is 0 Å². The van der Waals surface area contributed by atoms with Crippen LogP contribution in [-0.2, 0) is 9.59 Å². The maximum Gasteiger partial charge on any atom is 0.146 e. The molecule has 0 N–H and O–H groups in total. The van der Waals surface area contributed by atoms with Crippen molar-refractivity contribution >= 4 is 11.6 Å². The minimum atomic E-state index is -0.269. The van der Waals surface area contributed by atoms with E-state index in [4.69, 9.17) is 0 Å². The average molecular weight is 180 g/mol. The Morgan fingerprint density at radius 3 is 2.46 bits per heavy atom. The summed E-state index contributed by atoms with van der Waals surface area (Å²) < 4.78 is 0. The first-order valence-electron chi connectivity index (χ1n) is 5.00. The third-order valence-corrected chi connectivity index (χ3v) is 3.94. The molecule has 3 aliphatic carbocycles. The molecule has 0 saturated heterocycles. The van der Waals surface area contributed by atoms with Gasteiger partial charge in [-0.3, -0.25) is 9.59 Å². The minimum Gasteiger partial charge on any atom is -0.299 e. The molecule has 0 aliphatic heterocycles. The molecule has 3 aliphatic rings. The summed E-state index contributed by atoms with van der Waals surface area (Å²) in [6, 6.07) is 0. The van der Waals surface area contributed by atoms with Gasteiger partial charge in [-0.15, -0.1) is 0 Å². The molecule has 0 heterocycles. The maximum atomic E-state index is 11.7. The Labute approximate surface area is 78.7 Å². The molecule has 0 spiro atoms. The van der Waals surface area contributed by atoms with E-state index in [-0.39, 0.29) is 34.7 Å². The summed E-state index contributed by atoms with van der Waals surface area (Å²) in [7, 11) is 0. The van der Waals surface area contributed by atoms with Crippen molar-refractivity contribution in [1.29, 1.82) is 0 Å². The normalized spacial score (nSPS) is 42.5. The van der Waals surface area contributed by atoms with Crippen LogP contribution in [0.2, 0.25) is 0 Å². The summed E-state index contributed by atoms with van der Waals surface area (Å²) in [6.45, 7) is 6.34. The lowest BCUT2D eigenvalue weighted by Gasteiger charge is -2.49. The highest BCUT2D eigenvalue weighted by Gasteiger charge is 2.53. The fourth-order valence-electron chi connectivity index (χ4n) is 3.06. The molecule has 3 rings (SSSR count). The molecule has 2 nitrogen and oxygen atoms in total. The Kier molecular flexibility index (Phi) is 1.67. The second-order valence-electron chi connectivity index (χ2n) is 5.21. The number of Topliss-reactive ketones (excluding diaryl/α,β-unsaturated/α-hetero) is 2. The molecule has 2 heteroatoms. The first-order valence-corrected chi connectivity index (χ1v) is 5.00. The van der Waals surface area contributed by atoms with Crippen molar-refractivity contribution in [3.63, 3.8) is 0 Å². The molecule has 3 atom stereocenters. The Hall–Kier alpha value is -0.660. The van der Waals surface area contributed by atoms with Crippen LogP contribution in [0.1, 0.15) is 33.6 Å². The summed E-state index contributed by atoms with van der Waals surface area (Å²) >= 11 is 0. The zero-order valence-corrected chi connectivity index (χ0v) is 8.46. The van der Waals surface area contributed by atoms with Crippen molar-refractivity contribution in [2.75, 3.05) is 0 Å². The monoisotopic (exact) mass is 180 g/mol. The average Bonchev–Trinajstić information content (AvgIpc) is 2.03. The van der Waals surface area contributed by atoms with Gasteiger partial charge in [0.15, 0.2) is 0 Å². The van der Waals surface area contributed by atoms with Crippen LogP contribution in [0, 0.1) is 23.2 Å². The number of hydrogen-bond donors (Lipinski definition) is 0. The molecule has 0 aromatic rings. The van der Waals surface area contributed by atoms with Crippen LogP contribution >= 0.6 is 0 Å². The van der Waals surface area contributed by atoms with E-state index in [9.17, 15) is 9.59 Å². The molecule has 3 fully saturated rings. The molecule has 0 aromatic heterocycles. The highest BCUT2D eigenvalue weighted by Crippen LogP contribution is 2.51. The van der Waals surface area contributed by atoms with E-state index in [1.54, 1.807) is 0 Å². The van der Waals surface area contributed by atoms with Gasteiger partial charge in [0, 0.05) is 12.3 Å². The van der Waals surface area contributed by atoms with Crippen LogP contribution in [0.5, 0.6) is 0 Å². The molecular formula is C11H16O2. The predicted octanol–water partition coefficient (Wildman–Crippen LogP) is 1.83. The van der Waals surface area contributed by atoms with Crippen LogP contribution in [0.15, 0.2) is 0 Å². The quantitative estimate of drug-likeness (QED) is 0.533. The molecule has 13 heavy (non-hydrogen) atoms. The smallest absolute Gasteiger partial charge is 0.146 e. The molecule has 0 radical (unpaired) electrons. The van der Waals surface area contributed by atoms with Crippen LogP contribution in [-0.4, -0.2) is 11.6 Å². The predicted molar refractivity (Wildman–Crippen MR) is 49.2 cm³/mol. The second-order valence-corrected chi connectivity index (χ2v) is 5.21. The highest BCUT2D eigenvalue weighted by atomic mass is 16.2. The topological polar surface area (TPSA) is 34.1 Å². The number of rotatable bonds is 0. The van der Waals surface area contributed by atoms with Gasteiger partial charge in [-0.1, -0.05) is 20.8 Å². The highest BCUT2D eigenvalue weighted by molar-refractivity contribution is 6.06.